The van der Waals surface area contributed by atoms with E-state index in [1.807, 2.05) is 36.9 Å². The molecule has 0 amide bonds. The lowest BCUT2D eigenvalue weighted by atomic mass is 10.2. The third kappa shape index (κ3) is 8.52. The molecule has 8 heteroatoms. The molecule has 1 aliphatic heterocycles. The minimum absolute atomic E-state index is 0. The molecule has 1 aromatic carbocycles. The number of thioether (sulfide) groups is 1. The lowest BCUT2D eigenvalue weighted by Gasteiger charge is -2.21. The van der Waals surface area contributed by atoms with Crippen LogP contribution in [0, 0.1) is 5.92 Å². The number of hydrogen-bond donors (Lipinski definition) is 1. The average molecular weight is 487 g/mol. The van der Waals surface area contributed by atoms with Crippen molar-refractivity contribution >= 4 is 41.7 Å². The molecule has 1 atom stereocenters. The molecule has 1 unspecified atom stereocenters. The third-order valence-electron chi connectivity index (χ3n) is 3.81. The van der Waals surface area contributed by atoms with E-state index in [0.717, 1.165) is 25.3 Å². The first-order chi connectivity index (χ1) is 11.5. The molecule has 0 saturated carbocycles. The molecule has 0 aromatic heterocycles. The fraction of sp³-hybridized carbons (Fsp3) is 0.588. The maximum Gasteiger partial charge on any atom is 0.390 e. The van der Waals surface area contributed by atoms with Crippen molar-refractivity contribution in [2.75, 3.05) is 31.9 Å². The monoisotopic (exact) mass is 487 g/mol. The Balaban J connectivity index is 0.00000312. The molecule has 3 nitrogen and oxygen atoms in total. The van der Waals surface area contributed by atoms with Crippen molar-refractivity contribution in [2.45, 2.75) is 30.8 Å². The summed E-state index contributed by atoms with van der Waals surface area (Å²) in [4.78, 5) is 7.47. The van der Waals surface area contributed by atoms with Crippen LogP contribution < -0.4 is 5.32 Å². The topological polar surface area (TPSA) is 27.6 Å². The van der Waals surface area contributed by atoms with E-state index in [-0.39, 0.29) is 30.5 Å². The molecule has 0 spiro atoms. The molecule has 1 fully saturated rings. The van der Waals surface area contributed by atoms with Crippen LogP contribution in [0.3, 0.4) is 0 Å². The molecule has 0 radical (unpaired) electrons. The Hall–Kier alpha value is -0.640. The lowest BCUT2D eigenvalue weighted by molar-refractivity contribution is -0.132. The average Bonchev–Trinajstić information content (AvgIpc) is 3.01. The van der Waals surface area contributed by atoms with Crippen LogP contribution in [0.2, 0.25) is 0 Å². The Labute approximate surface area is 168 Å². The standard InChI is InChI=1S/C17H24F3N3S.HI/c1-2-21-16(22-10-9-17(18,19)20)23-11-8-14(12-23)13-24-15-6-4-3-5-7-15;/h3-7,14H,2,8-13H2,1H3,(H,21,22);1H. The summed E-state index contributed by atoms with van der Waals surface area (Å²) in [6.45, 7) is 4.06. The summed E-state index contributed by atoms with van der Waals surface area (Å²) in [5, 5.41) is 3.11. The summed E-state index contributed by atoms with van der Waals surface area (Å²) in [5.41, 5.74) is 0. The van der Waals surface area contributed by atoms with Crippen LogP contribution in [-0.2, 0) is 0 Å². The van der Waals surface area contributed by atoms with Gasteiger partial charge in [-0.1, -0.05) is 18.2 Å². The smallest absolute Gasteiger partial charge is 0.357 e. The van der Waals surface area contributed by atoms with Crippen LogP contribution >= 0.6 is 35.7 Å². The number of benzene rings is 1. The van der Waals surface area contributed by atoms with Crippen LogP contribution in [0.15, 0.2) is 40.2 Å². The summed E-state index contributed by atoms with van der Waals surface area (Å²) < 4.78 is 36.9. The maximum atomic E-state index is 12.3. The van der Waals surface area contributed by atoms with Crippen molar-refractivity contribution in [2.24, 2.45) is 10.9 Å². The molecule has 1 N–H and O–H groups in total. The van der Waals surface area contributed by atoms with Crippen molar-refractivity contribution in [3.8, 4) is 0 Å². The minimum atomic E-state index is -4.15. The maximum absolute atomic E-state index is 12.3. The number of hydrogen-bond acceptors (Lipinski definition) is 2. The number of alkyl halides is 3. The van der Waals surface area contributed by atoms with E-state index in [4.69, 9.17) is 0 Å². The predicted octanol–water partition coefficient (Wildman–Crippen LogP) is 4.64. The Morgan fingerprint density at radius 2 is 2.04 bits per heavy atom. The summed E-state index contributed by atoms with van der Waals surface area (Å²) in [7, 11) is 0. The molecule has 0 aliphatic carbocycles. The highest BCUT2D eigenvalue weighted by Gasteiger charge is 2.28. The first kappa shape index (κ1) is 22.4. The van der Waals surface area contributed by atoms with Crippen LogP contribution in [0.5, 0.6) is 0 Å². The van der Waals surface area contributed by atoms with Gasteiger partial charge in [-0.05, 0) is 31.4 Å². The van der Waals surface area contributed by atoms with Crippen LogP contribution in [0.25, 0.3) is 0 Å². The summed E-state index contributed by atoms with van der Waals surface area (Å²) >= 11 is 1.83. The Morgan fingerprint density at radius 3 is 2.68 bits per heavy atom. The highest BCUT2D eigenvalue weighted by atomic mass is 127. The van der Waals surface area contributed by atoms with Gasteiger partial charge in [-0.25, -0.2) is 0 Å². The second-order valence-electron chi connectivity index (χ2n) is 5.83. The van der Waals surface area contributed by atoms with Gasteiger partial charge in [0.15, 0.2) is 5.96 Å². The third-order valence-corrected chi connectivity index (χ3v) is 5.05. The Bertz CT molecular complexity index is 526. The van der Waals surface area contributed by atoms with Crippen molar-refractivity contribution < 1.29 is 13.2 Å². The number of nitrogens with one attached hydrogen (secondary N) is 1. The highest BCUT2D eigenvalue weighted by molar-refractivity contribution is 14.0. The fourth-order valence-electron chi connectivity index (χ4n) is 2.61. The van der Waals surface area contributed by atoms with Crippen molar-refractivity contribution in [1.29, 1.82) is 0 Å². The first-order valence-corrected chi connectivity index (χ1v) is 9.24. The van der Waals surface area contributed by atoms with Gasteiger partial charge >= 0.3 is 6.18 Å². The van der Waals surface area contributed by atoms with Crippen LogP contribution in [0.1, 0.15) is 19.8 Å². The van der Waals surface area contributed by atoms with E-state index in [2.05, 4.69) is 27.3 Å². The van der Waals surface area contributed by atoms with Gasteiger partial charge < -0.3 is 10.2 Å². The van der Waals surface area contributed by atoms with E-state index in [0.29, 0.717) is 18.4 Å². The van der Waals surface area contributed by atoms with E-state index in [1.165, 1.54) is 4.90 Å². The zero-order chi connectivity index (χ0) is 17.4. The van der Waals surface area contributed by atoms with E-state index >= 15 is 0 Å². The van der Waals surface area contributed by atoms with E-state index in [9.17, 15) is 13.2 Å². The summed E-state index contributed by atoms with van der Waals surface area (Å²) in [5.74, 6) is 2.15. The molecule has 1 saturated heterocycles. The second kappa shape index (κ2) is 11.2. The fourth-order valence-corrected chi connectivity index (χ4v) is 3.66. The molecule has 142 valence electrons. The molecule has 0 bridgehead atoms. The minimum Gasteiger partial charge on any atom is -0.357 e. The predicted molar refractivity (Wildman–Crippen MR) is 109 cm³/mol. The van der Waals surface area contributed by atoms with Crippen LogP contribution in [-0.4, -0.2) is 49.0 Å². The highest BCUT2D eigenvalue weighted by Crippen LogP contribution is 2.26. The van der Waals surface area contributed by atoms with Gasteiger partial charge in [0.1, 0.15) is 0 Å². The zero-order valence-electron chi connectivity index (χ0n) is 14.3. The molecule has 1 aromatic rings. The lowest BCUT2D eigenvalue weighted by Crippen LogP contribution is -2.40. The van der Waals surface area contributed by atoms with Gasteiger partial charge in [0.25, 0.3) is 0 Å². The molecule has 2 rings (SSSR count). The van der Waals surface area contributed by atoms with Gasteiger partial charge in [-0.2, -0.15) is 13.2 Å². The molecular formula is C17H25F3IN3S. The van der Waals surface area contributed by atoms with Crippen molar-refractivity contribution in [3.05, 3.63) is 30.3 Å². The summed E-state index contributed by atoms with van der Waals surface area (Å²) in [6, 6.07) is 10.3. The zero-order valence-corrected chi connectivity index (χ0v) is 17.4. The molecule has 1 aliphatic rings. The Kier molecular flexibility index (Phi) is 9.99. The van der Waals surface area contributed by atoms with Gasteiger partial charge in [0.05, 0.1) is 13.0 Å². The Morgan fingerprint density at radius 1 is 1.32 bits per heavy atom. The molecule has 1 heterocycles. The van der Waals surface area contributed by atoms with Gasteiger partial charge in [-0.3, -0.25) is 4.99 Å². The van der Waals surface area contributed by atoms with Gasteiger partial charge in [-0.15, -0.1) is 35.7 Å². The number of likely N-dealkylation sites (tertiary alicyclic amines) is 1. The number of guanidine groups is 1. The van der Waals surface area contributed by atoms with E-state index in [1.54, 1.807) is 0 Å². The largest absolute Gasteiger partial charge is 0.390 e. The normalized spacial score (nSPS) is 18.2. The van der Waals surface area contributed by atoms with Gasteiger partial charge in [0.2, 0.25) is 0 Å². The van der Waals surface area contributed by atoms with Crippen LogP contribution in [0.4, 0.5) is 13.2 Å². The first-order valence-electron chi connectivity index (χ1n) is 8.26. The SMILES string of the molecule is CCNC(=NCCC(F)(F)F)N1CCC(CSc2ccccc2)C1.I. The molecular weight excluding hydrogens is 462 g/mol. The molecule has 25 heavy (non-hydrogen) atoms. The van der Waals surface area contributed by atoms with Crippen molar-refractivity contribution in [1.82, 2.24) is 10.2 Å². The number of nitrogens with zero attached hydrogens (tertiary/aromatic N) is 2. The van der Waals surface area contributed by atoms with E-state index < -0.39 is 12.6 Å². The summed E-state index contributed by atoms with van der Waals surface area (Å²) in [6.07, 6.45) is -3.98. The number of rotatable bonds is 6. The van der Waals surface area contributed by atoms with Crippen molar-refractivity contribution in [3.63, 3.8) is 0 Å². The van der Waals surface area contributed by atoms with Gasteiger partial charge in [0, 0.05) is 30.3 Å². The second-order valence-corrected chi connectivity index (χ2v) is 6.92. The number of halogens is 4. The quantitative estimate of drug-likeness (QED) is 0.274. The number of aliphatic imine (C=N–C) groups is 1.